The number of phenolic OH excluding ortho intramolecular Hbond substituents is 1. The van der Waals surface area contributed by atoms with Crippen molar-refractivity contribution in [2.75, 3.05) is 11.9 Å². The maximum absolute atomic E-state index is 11.6. The molecule has 4 heteroatoms. The molecule has 2 N–H and O–H groups in total. The number of carbonyl (C=O) groups excluding carboxylic acids is 1. The van der Waals surface area contributed by atoms with Crippen LogP contribution in [0.4, 0.5) is 5.69 Å². The van der Waals surface area contributed by atoms with Crippen LogP contribution < -0.4 is 5.32 Å². The van der Waals surface area contributed by atoms with Crippen LogP contribution >= 0.6 is 0 Å². The Kier molecular flexibility index (Phi) is 4.97. The number of anilines is 1. The third-order valence-electron chi connectivity index (χ3n) is 2.59. The molecule has 0 unspecified atom stereocenters. The molecule has 4 nitrogen and oxygen atoms in total. The van der Waals surface area contributed by atoms with Gasteiger partial charge in [-0.3, -0.25) is 4.79 Å². The summed E-state index contributed by atoms with van der Waals surface area (Å²) < 4.78 is 5.31. The average molecular weight is 237 g/mol. The number of rotatable bonds is 5. The minimum Gasteiger partial charge on any atom is -0.506 e. The van der Waals surface area contributed by atoms with E-state index in [-0.39, 0.29) is 24.4 Å². The number of phenols is 1. The molecule has 0 fully saturated rings. The minimum absolute atomic E-state index is 0.00276. The fraction of sp³-hybridized carbons (Fsp3) is 0.462. The molecule has 0 aliphatic heterocycles. The molecule has 0 spiro atoms. The number of amides is 1. The number of hydrogen-bond donors (Lipinski definition) is 2. The fourth-order valence-corrected chi connectivity index (χ4v) is 1.33. The van der Waals surface area contributed by atoms with Gasteiger partial charge < -0.3 is 15.2 Å². The van der Waals surface area contributed by atoms with Gasteiger partial charge in [0.05, 0.1) is 11.8 Å². The van der Waals surface area contributed by atoms with E-state index in [9.17, 15) is 9.90 Å². The van der Waals surface area contributed by atoms with E-state index in [1.54, 1.807) is 6.07 Å². The summed E-state index contributed by atoms with van der Waals surface area (Å²) >= 11 is 0. The minimum atomic E-state index is -0.255. The summed E-state index contributed by atoms with van der Waals surface area (Å²) in [5.41, 5.74) is 1.27. The molecule has 1 aromatic rings. The summed E-state index contributed by atoms with van der Waals surface area (Å²) in [5, 5.41) is 12.3. The van der Waals surface area contributed by atoms with Gasteiger partial charge in [0.15, 0.2) is 0 Å². The van der Waals surface area contributed by atoms with Crippen LogP contribution in [-0.2, 0) is 9.53 Å². The molecular weight excluding hydrogens is 218 g/mol. The summed E-state index contributed by atoms with van der Waals surface area (Å²) in [6.45, 7) is 5.74. The number of aryl methyl sites for hydroxylation is 1. The molecule has 1 atom stereocenters. The average Bonchev–Trinajstić information content (AvgIpc) is 2.31. The molecule has 0 radical (unpaired) electrons. The second-order valence-corrected chi connectivity index (χ2v) is 4.05. The summed E-state index contributed by atoms with van der Waals surface area (Å²) in [5.74, 6) is -0.184. The van der Waals surface area contributed by atoms with Gasteiger partial charge in [0.1, 0.15) is 12.4 Å². The van der Waals surface area contributed by atoms with Crippen molar-refractivity contribution < 1.29 is 14.6 Å². The normalized spacial score (nSPS) is 12.2. The number of ether oxygens (including phenoxy) is 1. The van der Waals surface area contributed by atoms with Crippen LogP contribution in [-0.4, -0.2) is 23.7 Å². The van der Waals surface area contributed by atoms with Crippen molar-refractivity contribution in [2.24, 2.45) is 0 Å². The predicted molar refractivity (Wildman–Crippen MR) is 67.2 cm³/mol. The van der Waals surface area contributed by atoms with Gasteiger partial charge in [0.25, 0.3) is 0 Å². The van der Waals surface area contributed by atoms with Crippen molar-refractivity contribution in [3.63, 3.8) is 0 Å². The topological polar surface area (TPSA) is 58.6 Å². The molecule has 0 aliphatic carbocycles. The van der Waals surface area contributed by atoms with Crippen molar-refractivity contribution in [1.29, 1.82) is 0 Å². The van der Waals surface area contributed by atoms with E-state index in [0.29, 0.717) is 5.69 Å². The largest absolute Gasteiger partial charge is 0.506 e. The van der Waals surface area contributed by atoms with Crippen molar-refractivity contribution in [1.82, 2.24) is 0 Å². The molecule has 0 saturated carbocycles. The van der Waals surface area contributed by atoms with Crippen LogP contribution in [0.5, 0.6) is 5.75 Å². The van der Waals surface area contributed by atoms with Gasteiger partial charge in [0, 0.05) is 0 Å². The number of para-hydroxylation sites is 1. The zero-order chi connectivity index (χ0) is 12.8. The molecule has 0 aliphatic rings. The van der Waals surface area contributed by atoms with Gasteiger partial charge in [-0.1, -0.05) is 19.1 Å². The Balaban J connectivity index is 2.56. The van der Waals surface area contributed by atoms with Gasteiger partial charge in [0.2, 0.25) is 5.91 Å². The highest BCUT2D eigenvalue weighted by Gasteiger charge is 2.10. The molecule has 94 valence electrons. The first-order valence-electron chi connectivity index (χ1n) is 5.74. The van der Waals surface area contributed by atoms with E-state index < -0.39 is 0 Å². The Morgan fingerprint density at radius 2 is 2.24 bits per heavy atom. The number of hydrogen-bond acceptors (Lipinski definition) is 3. The van der Waals surface area contributed by atoms with Crippen LogP contribution in [0.3, 0.4) is 0 Å². The molecule has 1 aromatic carbocycles. The summed E-state index contributed by atoms with van der Waals surface area (Å²) in [6, 6.07) is 5.10. The molecule has 0 heterocycles. The Morgan fingerprint density at radius 1 is 1.53 bits per heavy atom. The first-order valence-corrected chi connectivity index (χ1v) is 5.74. The Bertz CT molecular complexity index is 370. The molecule has 17 heavy (non-hydrogen) atoms. The lowest BCUT2D eigenvalue weighted by Gasteiger charge is -2.12. The number of aromatic hydroxyl groups is 1. The van der Waals surface area contributed by atoms with E-state index in [1.165, 1.54) is 6.07 Å². The molecule has 1 amide bonds. The first-order chi connectivity index (χ1) is 8.04. The van der Waals surface area contributed by atoms with E-state index >= 15 is 0 Å². The van der Waals surface area contributed by atoms with Crippen molar-refractivity contribution in [3.05, 3.63) is 23.8 Å². The molecule has 0 bridgehead atoms. The van der Waals surface area contributed by atoms with Gasteiger partial charge in [-0.05, 0) is 31.9 Å². The molecule has 0 aromatic heterocycles. The maximum Gasteiger partial charge on any atom is 0.250 e. The number of nitrogens with one attached hydrogen (secondary N) is 1. The molecule has 0 saturated heterocycles. The zero-order valence-electron chi connectivity index (χ0n) is 10.5. The Hall–Kier alpha value is -1.55. The predicted octanol–water partition coefficient (Wildman–Crippen LogP) is 2.45. The highest BCUT2D eigenvalue weighted by molar-refractivity contribution is 5.93. The Morgan fingerprint density at radius 3 is 2.82 bits per heavy atom. The standard InChI is InChI=1S/C13H19NO3/c1-4-10(3)17-8-12(16)14-13-9(2)6-5-7-11(13)15/h5-7,10,15H,4,8H2,1-3H3,(H,14,16)/t10-/m0/s1. The van der Waals surface area contributed by atoms with E-state index in [2.05, 4.69) is 5.32 Å². The lowest BCUT2D eigenvalue weighted by Crippen LogP contribution is -2.22. The van der Waals surface area contributed by atoms with E-state index in [1.807, 2.05) is 26.8 Å². The van der Waals surface area contributed by atoms with Crippen LogP contribution in [0.15, 0.2) is 18.2 Å². The fourth-order valence-electron chi connectivity index (χ4n) is 1.33. The van der Waals surface area contributed by atoms with Crippen LogP contribution in [0, 0.1) is 6.92 Å². The second kappa shape index (κ2) is 6.25. The van der Waals surface area contributed by atoms with Crippen LogP contribution in [0.1, 0.15) is 25.8 Å². The third-order valence-corrected chi connectivity index (χ3v) is 2.59. The smallest absolute Gasteiger partial charge is 0.250 e. The maximum atomic E-state index is 11.6. The van der Waals surface area contributed by atoms with Crippen LogP contribution in [0.25, 0.3) is 0 Å². The highest BCUT2D eigenvalue weighted by atomic mass is 16.5. The lowest BCUT2D eigenvalue weighted by atomic mass is 10.2. The monoisotopic (exact) mass is 237 g/mol. The summed E-state index contributed by atoms with van der Waals surface area (Å²) in [6.07, 6.45) is 0.925. The zero-order valence-corrected chi connectivity index (χ0v) is 10.5. The van der Waals surface area contributed by atoms with Crippen molar-refractivity contribution >= 4 is 11.6 Å². The number of carbonyl (C=O) groups is 1. The van der Waals surface area contributed by atoms with Gasteiger partial charge in [-0.25, -0.2) is 0 Å². The summed E-state index contributed by atoms with van der Waals surface area (Å²) in [7, 11) is 0. The third kappa shape index (κ3) is 4.07. The Labute approximate surface area is 102 Å². The van der Waals surface area contributed by atoms with Crippen LogP contribution in [0.2, 0.25) is 0 Å². The lowest BCUT2D eigenvalue weighted by molar-refractivity contribution is -0.122. The quantitative estimate of drug-likeness (QED) is 0.773. The van der Waals surface area contributed by atoms with Gasteiger partial charge in [-0.2, -0.15) is 0 Å². The highest BCUT2D eigenvalue weighted by Crippen LogP contribution is 2.26. The second-order valence-electron chi connectivity index (χ2n) is 4.05. The molecule has 1 rings (SSSR count). The van der Waals surface area contributed by atoms with E-state index in [4.69, 9.17) is 4.74 Å². The molecular formula is C13H19NO3. The number of benzene rings is 1. The van der Waals surface area contributed by atoms with Gasteiger partial charge >= 0.3 is 0 Å². The van der Waals surface area contributed by atoms with Crippen molar-refractivity contribution in [3.8, 4) is 5.75 Å². The van der Waals surface area contributed by atoms with Crippen molar-refractivity contribution in [2.45, 2.75) is 33.3 Å². The van der Waals surface area contributed by atoms with E-state index in [0.717, 1.165) is 12.0 Å². The first kappa shape index (κ1) is 13.5. The van der Waals surface area contributed by atoms with Gasteiger partial charge in [-0.15, -0.1) is 0 Å². The summed E-state index contributed by atoms with van der Waals surface area (Å²) in [4.78, 5) is 11.6. The SMILES string of the molecule is CC[C@H](C)OCC(=O)Nc1c(C)cccc1O.